The first-order valence-corrected chi connectivity index (χ1v) is 9.42. The highest BCUT2D eigenvalue weighted by molar-refractivity contribution is 5.82. The minimum absolute atomic E-state index is 0.390. The molecule has 1 aliphatic rings. The summed E-state index contributed by atoms with van der Waals surface area (Å²) >= 11 is 0. The molecule has 5 rings (SSSR count). The molecule has 0 spiro atoms. The van der Waals surface area contributed by atoms with Crippen molar-refractivity contribution < 1.29 is 9.84 Å². The lowest BCUT2D eigenvalue weighted by atomic mass is 9.99. The molecular weight excluding hydrogens is 364 g/mol. The van der Waals surface area contributed by atoms with Crippen LogP contribution in [-0.2, 0) is 6.42 Å². The quantitative estimate of drug-likeness (QED) is 0.581. The van der Waals surface area contributed by atoms with Crippen LogP contribution in [0.5, 0.6) is 5.88 Å². The molecule has 1 atom stereocenters. The Hall–Kier alpha value is -3.69. The number of aromatic nitrogens is 3. The van der Waals surface area contributed by atoms with Gasteiger partial charge < -0.3 is 9.84 Å². The van der Waals surface area contributed by atoms with E-state index in [9.17, 15) is 5.11 Å². The third-order valence-corrected chi connectivity index (χ3v) is 5.45. The zero-order chi connectivity index (χ0) is 20.0. The first kappa shape index (κ1) is 17.4. The van der Waals surface area contributed by atoms with E-state index in [1.165, 1.54) is 0 Å². The van der Waals surface area contributed by atoms with E-state index in [2.05, 4.69) is 17.1 Å². The van der Waals surface area contributed by atoms with Gasteiger partial charge >= 0.3 is 0 Å². The molecule has 1 N–H and O–H groups in total. The van der Waals surface area contributed by atoms with E-state index in [0.29, 0.717) is 17.1 Å². The summed E-state index contributed by atoms with van der Waals surface area (Å²) in [4.78, 5) is 9.18. The van der Waals surface area contributed by atoms with Crippen LogP contribution in [0.2, 0.25) is 0 Å². The lowest BCUT2D eigenvalue weighted by Crippen LogP contribution is -2.02. The first-order valence-electron chi connectivity index (χ1n) is 9.42. The van der Waals surface area contributed by atoms with E-state index >= 15 is 0 Å². The van der Waals surface area contributed by atoms with Gasteiger partial charge in [-0.2, -0.15) is 5.26 Å². The van der Waals surface area contributed by atoms with Crippen molar-refractivity contribution in [1.29, 1.82) is 5.26 Å². The number of methoxy groups -OCH3 is 1. The van der Waals surface area contributed by atoms with Crippen LogP contribution < -0.4 is 4.74 Å². The number of imidazole rings is 1. The minimum Gasteiger partial charge on any atom is -0.478 e. The van der Waals surface area contributed by atoms with Crippen LogP contribution in [0.25, 0.3) is 28.2 Å². The number of ether oxygens (including phenoxy) is 1. The van der Waals surface area contributed by atoms with E-state index in [-0.39, 0.29) is 6.10 Å². The average Bonchev–Trinajstić information content (AvgIpc) is 3.39. The Kier molecular flexibility index (Phi) is 4.04. The summed E-state index contributed by atoms with van der Waals surface area (Å²) < 4.78 is 7.47. The van der Waals surface area contributed by atoms with E-state index in [1.54, 1.807) is 25.4 Å². The molecule has 0 bridgehead atoms. The number of fused-ring (bicyclic) bond motifs is 2. The van der Waals surface area contributed by atoms with Gasteiger partial charge in [0.15, 0.2) is 0 Å². The molecule has 2 aromatic heterocycles. The van der Waals surface area contributed by atoms with Crippen LogP contribution >= 0.6 is 0 Å². The van der Waals surface area contributed by atoms with Gasteiger partial charge in [0.25, 0.3) is 5.88 Å². The minimum atomic E-state index is -0.390. The molecule has 29 heavy (non-hydrogen) atoms. The molecule has 1 unspecified atom stereocenters. The van der Waals surface area contributed by atoms with Gasteiger partial charge in [0.1, 0.15) is 0 Å². The van der Waals surface area contributed by atoms with E-state index in [0.717, 1.165) is 46.5 Å². The zero-order valence-electron chi connectivity index (χ0n) is 15.8. The van der Waals surface area contributed by atoms with Gasteiger partial charge in [-0.1, -0.05) is 24.3 Å². The smallest absolute Gasteiger partial charge is 0.258 e. The maximum atomic E-state index is 10.2. The summed E-state index contributed by atoms with van der Waals surface area (Å²) in [6.07, 6.45) is 4.84. The van der Waals surface area contributed by atoms with E-state index < -0.39 is 0 Å². The number of aryl methyl sites for hydroxylation is 1. The summed E-state index contributed by atoms with van der Waals surface area (Å²) in [5, 5.41) is 19.3. The van der Waals surface area contributed by atoms with Gasteiger partial charge in [-0.3, -0.25) is 4.40 Å². The molecular formula is C23H18N4O2. The number of aliphatic hydroxyl groups excluding tert-OH is 1. The Morgan fingerprint density at radius 3 is 2.72 bits per heavy atom. The number of rotatable bonds is 3. The van der Waals surface area contributed by atoms with Gasteiger partial charge in [0.2, 0.25) is 5.65 Å². The summed E-state index contributed by atoms with van der Waals surface area (Å²) in [7, 11) is 1.58. The molecule has 6 nitrogen and oxygen atoms in total. The third-order valence-electron chi connectivity index (χ3n) is 5.45. The predicted molar refractivity (Wildman–Crippen MR) is 108 cm³/mol. The van der Waals surface area contributed by atoms with Crippen LogP contribution in [-0.4, -0.2) is 26.6 Å². The predicted octanol–water partition coefficient (Wildman–Crippen LogP) is 3.92. The fourth-order valence-electron chi connectivity index (χ4n) is 4.02. The van der Waals surface area contributed by atoms with Gasteiger partial charge in [0.05, 0.1) is 36.2 Å². The Balaban J connectivity index is 1.79. The molecule has 1 aliphatic carbocycles. The molecule has 0 saturated heterocycles. The van der Waals surface area contributed by atoms with E-state index in [4.69, 9.17) is 15.0 Å². The summed E-state index contributed by atoms with van der Waals surface area (Å²) in [6, 6.07) is 15.6. The maximum Gasteiger partial charge on any atom is 0.258 e. The molecule has 0 radical (unpaired) electrons. The van der Waals surface area contributed by atoms with Crippen LogP contribution in [0.15, 0.2) is 54.9 Å². The number of hydrogen-bond acceptors (Lipinski definition) is 5. The zero-order valence-corrected chi connectivity index (χ0v) is 15.8. The highest BCUT2D eigenvalue weighted by Crippen LogP contribution is 2.38. The van der Waals surface area contributed by atoms with Crippen LogP contribution in [0.4, 0.5) is 0 Å². The molecule has 6 heteroatoms. The number of nitrogens with zero attached hydrogens (tertiary/aromatic N) is 4. The lowest BCUT2D eigenvalue weighted by Gasteiger charge is -2.15. The fourth-order valence-corrected chi connectivity index (χ4v) is 4.02. The van der Waals surface area contributed by atoms with Crippen molar-refractivity contribution in [3.8, 4) is 34.5 Å². The second-order valence-corrected chi connectivity index (χ2v) is 7.10. The van der Waals surface area contributed by atoms with Crippen LogP contribution in [0, 0.1) is 11.3 Å². The molecule has 0 fully saturated rings. The Morgan fingerprint density at radius 1 is 1.17 bits per heavy atom. The monoisotopic (exact) mass is 382 g/mol. The van der Waals surface area contributed by atoms with Gasteiger partial charge in [0, 0.05) is 23.5 Å². The highest BCUT2D eigenvalue weighted by atomic mass is 16.5. The number of aliphatic hydroxyl groups is 1. The standard InChI is InChI=1S/C23H18N4O2/c1-29-23-22-25-10-11-27(22)21(17-6-8-18-16(12-17)7-9-19(18)28)20(26-23)15-4-2-14(13-24)3-5-15/h2-6,8,10-12,19,28H,7,9H2,1H3. The Morgan fingerprint density at radius 2 is 1.97 bits per heavy atom. The molecule has 142 valence electrons. The van der Waals surface area contributed by atoms with Crippen LogP contribution in [0.1, 0.15) is 29.2 Å². The fraction of sp³-hybridized carbons (Fsp3) is 0.174. The number of nitriles is 1. The molecule has 0 saturated carbocycles. The van der Waals surface area contributed by atoms with Crippen molar-refractivity contribution >= 4 is 5.65 Å². The van der Waals surface area contributed by atoms with Gasteiger partial charge in [-0.25, -0.2) is 9.97 Å². The van der Waals surface area contributed by atoms with Gasteiger partial charge in [-0.15, -0.1) is 0 Å². The van der Waals surface area contributed by atoms with Crippen molar-refractivity contribution in [2.75, 3.05) is 7.11 Å². The third kappa shape index (κ3) is 2.75. The summed E-state index contributed by atoms with van der Waals surface area (Å²) in [5.41, 5.74) is 6.91. The Bertz CT molecular complexity index is 1270. The average molecular weight is 382 g/mol. The van der Waals surface area contributed by atoms with Crippen molar-refractivity contribution in [2.24, 2.45) is 0 Å². The molecule has 2 aromatic carbocycles. The van der Waals surface area contributed by atoms with E-state index in [1.807, 2.05) is 34.9 Å². The van der Waals surface area contributed by atoms with Crippen LogP contribution in [0.3, 0.4) is 0 Å². The number of hydrogen-bond donors (Lipinski definition) is 1. The normalized spacial score (nSPS) is 15.3. The second kappa shape index (κ2) is 6.73. The summed E-state index contributed by atoms with van der Waals surface area (Å²) in [6.45, 7) is 0. The van der Waals surface area contributed by atoms with Crippen molar-refractivity contribution in [3.63, 3.8) is 0 Å². The lowest BCUT2D eigenvalue weighted by molar-refractivity contribution is 0.180. The highest BCUT2D eigenvalue weighted by Gasteiger charge is 2.23. The largest absolute Gasteiger partial charge is 0.478 e. The van der Waals surface area contributed by atoms with Crippen molar-refractivity contribution in [3.05, 3.63) is 71.5 Å². The number of benzene rings is 2. The molecule has 4 aromatic rings. The molecule has 0 aliphatic heterocycles. The molecule has 2 heterocycles. The van der Waals surface area contributed by atoms with Crippen molar-refractivity contribution in [1.82, 2.24) is 14.4 Å². The van der Waals surface area contributed by atoms with Crippen molar-refractivity contribution in [2.45, 2.75) is 18.9 Å². The maximum absolute atomic E-state index is 10.2. The topological polar surface area (TPSA) is 83.4 Å². The SMILES string of the molecule is COc1nc(-c2ccc(C#N)cc2)c(-c2ccc3c(c2)CCC3O)n2ccnc12. The summed E-state index contributed by atoms with van der Waals surface area (Å²) in [5.74, 6) is 0.440. The first-order chi connectivity index (χ1) is 14.2. The molecule has 0 amide bonds. The Labute approximate surface area is 167 Å². The second-order valence-electron chi connectivity index (χ2n) is 7.10. The van der Waals surface area contributed by atoms with Gasteiger partial charge in [-0.05, 0) is 42.2 Å².